The van der Waals surface area contributed by atoms with Crippen LogP contribution in [0.1, 0.15) is 21.6 Å². The van der Waals surface area contributed by atoms with Crippen molar-refractivity contribution in [3.63, 3.8) is 0 Å². The summed E-state index contributed by atoms with van der Waals surface area (Å²) in [6, 6.07) is 13.0. The van der Waals surface area contributed by atoms with Crippen LogP contribution in [0.2, 0.25) is 0 Å². The Morgan fingerprint density at radius 3 is 2.92 bits per heavy atom. The van der Waals surface area contributed by atoms with Crippen LogP contribution >= 0.6 is 33.9 Å². The van der Waals surface area contributed by atoms with E-state index in [-0.39, 0.29) is 5.91 Å². The molecule has 0 fully saturated rings. The van der Waals surface area contributed by atoms with Crippen LogP contribution in [0.3, 0.4) is 0 Å². The van der Waals surface area contributed by atoms with Crippen LogP contribution in [0, 0.1) is 10.5 Å². The molecule has 24 heavy (non-hydrogen) atoms. The summed E-state index contributed by atoms with van der Waals surface area (Å²) < 4.78 is 6.81. The Labute approximate surface area is 158 Å². The molecule has 0 aliphatic heterocycles. The molecular formula is C18H15IN2O2S. The summed E-state index contributed by atoms with van der Waals surface area (Å²) in [5.41, 5.74) is 5.17. The van der Waals surface area contributed by atoms with Gasteiger partial charge in [0.25, 0.3) is 5.91 Å². The first-order valence-corrected chi connectivity index (χ1v) is 9.31. The quantitative estimate of drug-likeness (QED) is 0.564. The van der Waals surface area contributed by atoms with Crippen LogP contribution in [0.4, 0.5) is 5.69 Å². The third-order valence-electron chi connectivity index (χ3n) is 3.40. The highest BCUT2D eigenvalue weighted by atomic mass is 127. The number of amides is 1. The lowest BCUT2D eigenvalue weighted by Gasteiger charge is -2.09. The average molecular weight is 450 g/mol. The summed E-state index contributed by atoms with van der Waals surface area (Å²) in [6.45, 7) is 2.43. The number of aromatic nitrogens is 1. The third-order valence-corrected chi connectivity index (χ3v) is 5.19. The van der Waals surface area contributed by atoms with Gasteiger partial charge in [-0.25, -0.2) is 4.98 Å². The fraction of sp³-hybridized carbons (Fsp3) is 0.111. The van der Waals surface area contributed by atoms with Crippen molar-refractivity contribution < 1.29 is 9.53 Å². The first kappa shape index (κ1) is 16.9. The highest BCUT2D eigenvalue weighted by Crippen LogP contribution is 2.19. The molecule has 1 N–H and O–H groups in total. The number of rotatable bonds is 5. The van der Waals surface area contributed by atoms with Gasteiger partial charge in [-0.2, -0.15) is 0 Å². The summed E-state index contributed by atoms with van der Waals surface area (Å²) in [6.07, 6.45) is 0. The van der Waals surface area contributed by atoms with E-state index in [1.165, 1.54) is 16.9 Å². The number of carbonyl (C=O) groups excluding carboxylic acids is 1. The van der Waals surface area contributed by atoms with Gasteiger partial charge in [0.1, 0.15) is 12.4 Å². The molecule has 3 aromatic rings. The van der Waals surface area contributed by atoms with Crippen molar-refractivity contribution in [1.29, 1.82) is 0 Å². The van der Waals surface area contributed by atoms with Crippen molar-refractivity contribution in [2.75, 3.05) is 5.32 Å². The minimum Gasteiger partial charge on any atom is -0.487 e. The van der Waals surface area contributed by atoms with E-state index in [1.54, 1.807) is 17.6 Å². The van der Waals surface area contributed by atoms with E-state index in [1.807, 2.05) is 42.6 Å². The van der Waals surface area contributed by atoms with E-state index in [9.17, 15) is 4.79 Å². The molecule has 0 spiro atoms. The maximum Gasteiger partial charge on any atom is 0.255 e. The summed E-state index contributed by atoms with van der Waals surface area (Å²) >= 11 is 3.79. The van der Waals surface area contributed by atoms with Gasteiger partial charge in [0.15, 0.2) is 0 Å². The number of hydrogen-bond acceptors (Lipinski definition) is 4. The summed E-state index contributed by atoms with van der Waals surface area (Å²) in [5, 5.41) is 4.85. The lowest BCUT2D eigenvalue weighted by molar-refractivity contribution is 0.102. The SMILES string of the molecule is Cc1ccc(NC(=O)c2cccc(OCc3cscn3)c2)cc1I. The Morgan fingerprint density at radius 2 is 2.17 bits per heavy atom. The Morgan fingerprint density at radius 1 is 1.29 bits per heavy atom. The van der Waals surface area contributed by atoms with Crippen LogP contribution in [-0.2, 0) is 6.61 Å². The molecule has 0 saturated heterocycles. The zero-order valence-electron chi connectivity index (χ0n) is 13.0. The van der Waals surface area contributed by atoms with E-state index in [0.29, 0.717) is 17.9 Å². The molecule has 1 heterocycles. The number of aryl methyl sites for hydroxylation is 1. The summed E-state index contributed by atoms with van der Waals surface area (Å²) in [7, 11) is 0. The minimum atomic E-state index is -0.159. The molecule has 0 radical (unpaired) electrons. The van der Waals surface area contributed by atoms with E-state index in [0.717, 1.165) is 15.0 Å². The predicted octanol–water partition coefficient (Wildman–Crippen LogP) is 4.89. The number of carbonyl (C=O) groups is 1. The van der Waals surface area contributed by atoms with Crippen LogP contribution < -0.4 is 10.1 Å². The fourth-order valence-electron chi connectivity index (χ4n) is 2.07. The second kappa shape index (κ2) is 7.76. The maximum absolute atomic E-state index is 12.4. The second-order valence-electron chi connectivity index (χ2n) is 5.21. The Hall–Kier alpha value is -1.93. The molecule has 122 valence electrons. The molecule has 6 heteroatoms. The smallest absolute Gasteiger partial charge is 0.255 e. The molecule has 3 rings (SSSR count). The van der Waals surface area contributed by atoms with Gasteiger partial charge < -0.3 is 10.1 Å². The van der Waals surface area contributed by atoms with Gasteiger partial charge in [-0.05, 0) is 65.4 Å². The lowest BCUT2D eigenvalue weighted by Crippen LogP contribution is -2.12. The van der Waals surface area contributed by atoms with Gasteiger partial charge in [0.05, 0.1) is 11.2 Å². The van der Waals surface area contributed by atoms with Crippen LogP contribution in [0.25, 0.3) is 0 Å². The van der Waals surface area contributed by atoms with Crippen molar-refractivity contribution in [3.05, 3.63) is 73.7 Å². The molecule has 0 atom stereocenters. The topological polar surface area (TPSA) is 51.2 Å². The normalized spacial score (nSPS) is 10.4. The molecule has 0 aliphatic carbocycles. The average Bonchev–Trinajstić information content (AvgIpc) is 3.10. The van der Waals surface area contributed by atoms with E-state index in [4.69, 9.17) is 4.74 Å². The molecule has 0 bridgehead atoms. The first-order valence-electron chi connectivity index (χ1n) is 7.29. The molecule has 0 unspecified atom stereocenters. The third kappa shape index (κ3) is 4.33. The van der Waals surface area contributed by atoms with Crippen molar-refractivity contribution in [3.8, 4) is 5.75 Å². The second-order valence-corrected chi connectivity index (χ2v) is 7.10. The van der Waals surface area contributed by atoms with Gasteiger partial charge in [0.2, 0.25) is 0 Å². The number of halogens is 1. The van der Waals surface area contributed by atoms with Gasteiger partial charge in [0, 0.05) is 20.2 Å². The van der Waals surface area contributed by atoms with E-state index >= 15 is 0 Å². The summed E-state index contributed by atoms with van der Waals surface area (Å²) in [5.74, 6) is 0.489. The van der Waals surface area contributed by atoms with Gasteiger partial charge >= 0.3 is 0 Å². The predicted molar refractivity (Wildman–Crippen MR) is 105 cm³/mol. The van der Waals surface area contributed by atoms with Crippen LogP contribution in [0.5, 0.6) is 5.75 Å². The largest absolute Gasteiger partial charge is 0.487 e. The first-order chi connectivity index (χ1) is 11.6. The van der Waals surface area contributed by atoms with Gasteiger partial charge in [-0.3, -0.25) is 4.79 Å². The molecule has 1 amide bonds. The molecule has 1 aromatic heterocycles. The summed E-state index contributed by atoms with van der Waals surface area (Å²) in [4.78, 5) is 16.6. The number of hydrogen-bond donors (Lipinski definition) is 1. The molecule has 0 saturated carbocycles. The van der Waals surface area contributed by atoms with E-state index in [2.05, 4.69) is 32.9 Å². The number of nitrogens with zero attached hydrogens (tertiary/aromatic N) is 1. The van der Waals surface area contributed by atoms with Crippen molar-refractivity contribution >= 4 is 45.5 Å². The minimum absolute atomic E-state index is 0.159. The molecule has 2 aromatic carbocycles. The Bertz CT molecular complexity index is 850. The van der Waals surface area contributed by atoms with Gasteiger partial charge in [-0.1, -0.05) is 12.1 Å². The zero-order chi connectivity index (χ0) is 16.9. The van der Waals surface area contributed by atoms with Crippen LogP contribution in [0.15, 0.2) is 53.4 Å². The van der Waals surface area contributed by atoms with Crippen molar-refractivity contribution in [1.82, 2.24) is 4.98 Å². The van der Waals surface area contributed by atoms with Crippen molar-refractivity contribution in [2.45, 2.75) is 13.5 Å². The van der Waals surface area contributed by atoms with Crippen LogP contribution in [-0.4, -0.2) is 10.9 Å². The molecule has 4 nitrogen and oxygen atoms in total. The number of thiazole rings is 1. The monoisotopic (exact) mass is 450 g/mol. The standard InChI is InChI=1S/C18H15IN2O2S/c1-12-5-6-14(8-17(12)19)21-18(22)13-3-2-4-16(7-13)23-9-15-10-24-11-20-15/h2-8,10-11H,9H2,1H3,(H,21,22). The molecular weight excluding hydrogens is 435 g/mol. The fourth-order valence-corrected chi connectivity index (χ4v) is 3.13. The lowest BCUT2D eigenvalue weighted by atomic mass is 10.2. The van der Waals surface area contributed by atoms with Gasteiger partial charge in [-0.15, -0.1) is 11.3 Å². The number of anilines is 1. The Balaban J connectivity index is 1.68. The molecule has 0 aliphatic rings. The number of benzene rings is 2. The highest BCUT2D eigenvalue weighted by Gasteiger charge is 2.08. The van der Waals surface area contributed by atoms with E-state index < -0.39 is 0 Å². The zero-order valence-corrected chi connectivity index (χ0v) is 15.9. The number of nitrogens with one attached hydrogen (secondary N) is 1. The highest BCUT2D eigenvalue weighted by molar-refractivity contribution is 14.1. The Kier molecular flexibility index (Phi) is 5.47. The van der Waals surface area contributed by atoms with Crippen molar-refractivity contribution in [2.24, 2.45) is 0 Å². The number of ether oxygens (including phenoxy) is 1. The maximum atomic E-state index is 12.4.